The van der Waals surface area contributed by atoms with Crippen molar-refractivity contribution >= 4 is 29.2 Å². The van der Waals surface area contributed by atoms with Gasteiger partial charge in [-0.05, 0) is 48.4 Å². The first-order chi connectivity index (χ1) is 10.1. The van der Waals surface area contributed by atoms with Crippen LogP contribution in [0.25, 0.3) is 11.6 Å². The van der Waals surface area contributed by atoms with Crippen LogP contribution in [0.4, 0.5) is 0 Å². The lowest BCUT2D eigenvalue weighted by molar-refractivity contribution is -0.130. The van der Waals surface area contributed by atoms with Crippen molar-refractivity contribution in [1.29, 1.82) is 0 Å². The maximum absolute atomic E-state index is 11.4. The van der Waals surface area contributed by atoms with E-state index in [1.54, 1.807) is 30.3 Å². The lowest BCUT2D eigenvalue weighted by atomic mass is 10.0. The summed E-state index contributed by atoms with van der Waals surface area (Å²) in [6.45, 7) is 2.51. The molecule has 0 aliphatic carbocycles. The Morgan fingerprint density at radius 1 is 1.14 bits per heavy atom. The Kier molecular flexibility index (Phi) is 5.01. The largest absolute Gasteiger partial charge is 0.494 e. The number of hydrogen-bond donors (Lipinski definition) is 1. The van der Waals surface area contributed by atoms with E-state index in [9.17, 15) is 9.90 Å². The van der Waals surface area contributed by atoms with Crippen LogP contribution in [-0.2, 0) is 4.79 Å². The van der Waals surface area contributed by atoms with Gasteiger partial charge in [0.2, 0.25) is 0 Å². The quantitative estimate of drug-likeness (QED) is 0.659. The monoisotopic (exact) mass is 302 g/mol. The van der Waals surface area contributed by atoms with E-state index in [0.29, 0.717) is 17.2 Å². The van der Waals surface area contributed by atoms with Gasteiger partial charge >= 0.3 is 5.97 Å². The van der Waals surface area contributed by atoms with Gasteiger partial charge in [0.25, 0.3) is 0 Å². The molecule has 0 fully saturated rings. The maximum atomic E-state index is 11.4. The Bertz CT molecular complexity index is 643. The number of carboxylic acids is 1. The molecule has 0 aromatic heterocycles. The summed E-state index contributed by atoms with van der Waals surface area (Å²) in [5, 5.41) is 9.94. The molecule has 2 aromatic rings. The standard InChI is InChI=1S/C17H15ClO3/c1-2-21-15-9-3-12(4-10-15)11-16(17(19)20)13-5-7-14(18)8-6-13/h3-11H,2H2,1H3,(H,19,20)/b16-11-. The number of carboxylic acid groups (broad SMARTS) is 1. The topological polar surface area (TPSA) is 46.5 Å². The third-order valence-corrected chi connectivity index (χ3v) is 3.14. The molecule has 0 atom stereocenters. The summed E-state index contributed by atoms with van der Waals surface area (Å²) in [6.07, 6.45) is 1.63. The van der Waals surface area contributed by atoms with Crippen LogP contribution in [0, 0.1) is 0 Å². The molecular weight excluding hydrogens is 288 g/mol. The fourth-order valence-corrected chi connectivity index (χ4v) is 2.02. The molecule has 0 saturated carbocycles. The summed E-state index contributed by atoms with van der Waals surface area (Å²) < 4.78 is 5.36. The maximum Gasteiger partial charge on any atom is 0.336 e. The van der Waals surface area contributed by atoms with Gasteiger partial charge in [0, 0.05) is 5.02 Å². The van der Waals surface area contributed by atoms with Gasteiger partial charge < -0.3 is 9.84 Å². The zero-order valence-corrected chi connectivity index (χ0v) is 12.3. The SMILES string of the molecule is CCOc1ccc(/C=C(\C(=O)O)c2ccc(Cl)cc2)cc1. The molecule has 0 saturated heterocycles. The summed E-state index contributed by atoms with van der Waals surface area (Å²) in [5.74, 6) is -0.218. The van der Waals surface area contributed by atoms with Crippen molar-refractivity contribution in [2.75, 3.05) is 6.61 Å². The van der Waals surface area contributed by atoms with Gasteiger partial charge in [0.15, 0.2) is 0 Å². The number of carbonyl (C=O) groups is 1. The number of aliphatic carboxylic acids is 1. The van der Waals surface area contributed by atoms with Crippen molar-refractivity contribution in [2.45, 2.75) is 6.92 Å². The summed E-state index contributed by atoms with van der Waals surface area (Å²) in [5.41, 5.74) is 1.63. The van der Waals surface area contributed by atoms with Crippen LogP contribution in [0.3, 0.4) is 0 Å². The van der Waals surface area contributed by atoms with E-state index < -0.39 is 5.97 Å². The Hall–Kier alpha value is -2.26. The van der Waals surface area contributed by atoms with E-state index >= 15 is 0 Å². The normalized spacial score (nSPS) is 11.2. The smallest absolute Gasteiger partial charge is 0.336 e. The van der Waals surface area contributed by atoms with Crippen LogP contribution >= 0.6 is 11.6 Å². The first-order valence-corrected chi connectivity index (χ1v) is 6.91. The van der Waals surface area contributed by atoms with Gasteiger partial charge in [0.1, 0.15) is 5.75 Å². The Balaban J connectivity index is 2.33. The predicted molar refractivity (Wildman–Crippen MR) is 84.6 cm³/mol. The predicted octanol–water partition coefficient (Wildman–Crippen LogP) is 4.36. The Morgan fingerprint density at radius 3 is 2.29 bits per heavy atom. The van der Waals surface area contributed by atoms with E-state index in [1.165, 1.54) is 0 Å². The molecule has 0 unspecified atom stereocenters. The second kappa shape index (κ2) is 6.95. The van der Waals surface area contributed by atoms with Gasteiger partial charge in [-0.2, -0.15) is 0 Å². The molecule has 2 rings (SSSR count). The fourth-order valence-electron chi connectivity index (χ4n) is 1.89. The molecule has 0 amide bonds. The highest BCUT2D eigenvalue weighted by Gasteiger charge is 2.10. The molecule has 0 spiro atoms. The van der Waals surface area contributed by atoms with E-state index in [2.05, 4.69) is 0 Å². The lowest BCUT2D eigenvalue weighted by Crippen LogP contribution is -1.99. The van der Waals surface area contributed by atoms with Gasteiger partial charge in [0.05, 0.1) is 12.2 Å². The van der Waals surface area contributed by atoms with Crippen LogP contribution in [0.2, 0.25) is 5.02 Å². The summed E-state index contributed by atoms with van der Waals surface area (Å²) in [4.78, 5) is 11.4. The summed E-state index contributed by atoms with van der Waals surface area (Å²) in [7, 11) is 0. The highest BCUT2D eigenvalue weighted by Crippen LogP contribution is 2.22. The molecule has 0 aliphatic rings. The van der Waals surface area contributed by atoms with E-state index in [1.807, 2.05) is 31.2 Å². The second-order valence-corrected chi connectivity index (χ2v) is 4.81. The highest BCUT2D eigenvalue weighted by atomic mass is 35.5. The second-order valence-electron chi connectivity index (χ2n) is 4.37. The molecule has 21 heavy (non-hydrogen) atoms. The molecule has 2 aromatic carbocycles. The molecule has 0 bridgehead atoms. The van der Waals surface area contributed by atoms with E-state index in [4.69, 9.17) is 16.3 Å². The molecule has 0 aliphatic heterocycles. The van der Waals surface area contributed by atoms with Gasteiger partial charge in [-0.1, -0.05) is 35.9 Å². The zero-order valence-electron chi connectivity index (χ0n) is 11.5. The molecule has 4 heteroatoms. The first-order valence-electron chi connectivity index (χ1n) is 6.54. The van der Waals surface area contributed by atoms with Crippen molar-refractivity contribution in [2.24, 2.45) is 0 Å². The van der Waals surface area contributed by atoms with E-state index in [-0.39, 0.29) is 5.57 Å². The highest BCUT2D eigenvalue weighted by molar-refractivity contribution is 6.30. The average Bonchev–Trinajstić information content (AvgIpc) is 2.47. The average molecular weight is 303 g/mol. The van der Waals surface area contributed by atoms with Gasteiger partial charge in [-0.25, -0.2) is 4.79 Å². The van der Waals surface area contributed by atoms with E-state index in [0.717, 1.165) is 11.3 Å². The fraction of sp³-hybridized carbons (Fsp3) is 0.118. The van der Waals surface area contributed by atoms with Crippen molar-refractivity contribution in [3.8, 4) is 5.75 Å². The molecule has 0 heterocycles. The Labute approximate surface area is 128 Å². The van der Waals surface area contributed by atoms with Gasteiger partial charge in [-0.15, -0.1) is 0 Å². The van der Waals surface area contributed by atoms with Crippen LogP contribution < -0.4 is 4.74 Å². The van der Waals surface area contributed by atoms with Crippen molar-refractivity contribution < 1.29 is 14.6 Å². The molecule has 0 radical (unpaired) electrons. The zero-order chi connectivity index (χ0) is 15.2. The van der Waals surface area contributed by atoms with Gasteiger partial charge in [-0.3, -0.25) is 0 Å². The third kappa shape index (κ3) is 4.10. The Morgan fingerprint density at radius 2 is 1.76 bits per heavy atom. The number of rotatable bonds is 5. The van der Waals surface area contributed by atoms with Crippen molar-refractivity contribution in [3.63, 3.8) is 0 Å². The minimum absolute atomic E-state index is 0.218. The molecule has 3 nitrogen and oxygen atoms in total. The molecular formula is C17H15ClO3. The first kappa shape index (κ1) is 15.1. The lowest BCUT2D eigenvalue weighted by Gasteiger charge is -2.05. The molecule has 108 valence electrons. The van der Waals surface area contributed by atoms with Crippen LogP contribution in [0.1, 0.15) is 18.1 Å². The summed E-state index contributed by atoms with van der Waals surface area (Å²) in [6, 6.07) is 14.0. The number of benzene rings is 2. The van der Waals surface area contributed by atoms with Crippen LogP contribution in [0.5, 0.6) is 5.75 Å². The van der Waals surface area contributed by atoms with Crippen molar-refractivity contribution in [3.05, 3.63) is 64.7 Å². The number of halogens is 1. The minimum atomic E-state index is -0.980. The molecule has 1 N–H and O–H groups in total. The van der Waals surface area contributed by atoms with Crippen LogP contribution in [0.15, 0.2) is 48.5 Å². The number of ether oxygens (including phenoxy) is 1. The van der Waals surface area contributed by atoms with Crippen molar-refractivity contribution in [1.82, 2.24) is 0 Å². The third-order valence-electron chi connectivity index (χ3n) is 2.89. The number of hydrogen-bond acceptors (Lipinski definition) is 2. The van der Waals surface area contributed by atoms with Crippen LogP contribution in [-0.4, -0.2) is 17.7 Å². The summed E-state index contributed by atoms with van der Waals surface area (Å²) >= 11 is 5.82. The minimum Gasteiger partial charge on any atom is -0.494 e.